The highest BCUT2D eigenvalue weighted by molar-refractivity contribution is 5.85. The molecule has 0 spiro atoms. The van der Waals surface area contributed by atoms with Crippen LogP contribution in [0, 0.1) is 0 Å². The zero-order chi connectivity index (χ0) is 10.8. The third-order valence-corrected chi connectivity index (χ3v) is 2.75. The van der Waals surface area contributed by atoms with Crippen LogP contribution in [-0.2, 0) is 6.42 Å². The van der Waals surface area contributed by atoms with Crippen molar-refractivity contribution in [3.05, 3.63) is 35.6 Å². The molecule has 1 aromatic heterocycles. The molecule has 1 heterocycles. The maximum Gasteiger partial charge on any atom is 0.134 e. The Hall–Kier alpha value is -1.28. The summed E-state index contributed by atoms with van der Waals surface area (Å²) < 4.78 is 5.56. The van der Waals surface area contributed by atoms with Crippen molar-refractivity contribution in [3.8, 4) is 0 Å². The van der Waals surface area contributed by atoms with Crippen molar-refractivity contribution in [1.29, 1.82) is 0 Å². The molecule has 80 valence electrons. The second-order valence-corrected chi connectivity index (χ2v) is 4.17. The molecule has 1 aromatic carbocycles. The third-order valence-electron chi connectivity index (χ3n) is 2.75. The molecule has 0 radical (unpaired) electrons. The van der Waals surface area contributed by atoms with Gasteiger partial charge in [0.1, 0.15) is 5.58 Å². The predicted molar refractivity (Wildman–Crippen MR) is 63.1 cm³/mol. The lowest BCUT2D eigenvalue weighted by atomic mass is 9.97. The Morgan fingerprint density at radius 2 is 2.13 bits per heavy atom. The molecule has 0 saturated carbocycles. The quantitative estimate of drug-likeness (QED) is 0.832. The fraction of sp³-hybridized carbons (Fsp3) is 0.385. The van der Waals surface area contributed by atoms with Crippen LogP contribution in [-0.4, -0.2) is 6.54 Å². The molecule has 0 bridgehead atoms. The predicted octanol–water partition coefficient (Wildman–Crippen LogP) is 3.06. The first kappa shape index (κ1) is 10.2. The van der Waals surface area contributed by atoms with Gasteiger partial charge in [-0.1, -0.05) is 26.0 Å². The molecule has 0 aliphatic rings. The van der Waals surface area contributed by atoms with E-state index in [1.807, 2.05) is 18.4 Å². The van der Waals surface area contributed by atoms with E-state index >= 15 is 0 Å². The van der Waals surface area contributed by atoms with Crippen LogP contribution in [0.5, 0.6) is 0 Å². The van der Waals surface area contributed by atoms with E-state index < -0.39 is 0 Å². The molecular weight excluding hydrogens is 186 g/mol. The number of hydrogen-bond donors (Lipinski definition) is 1. The molecule has 2 rings (SSSR count). The van der Waals surface area contributed by atoms with Crippen LogP contribution in [0.25, 0.3) is 11.0 Å². The van der Waals surface area contributed by atoms with Crippen LogP contribution in [0.4, 0.5) is 0 Å². The molecule has 0 aliphatic heterocycles. The van der Waals surface area contributed by atoms with E-state index in [-0.39, 0.29) is 0 Å². The monoisotopic (exact) mass is 203 g/mol. The Morgan fingerprint density at radius 3 is 2.80 bits per heavy atom. The first-order valence-electron chi connectivity index (χ1n) is 5.43. The summed E-state index contributed by atoms with van der Waals surface area (Å²) in [7, 11) is 0. The lowest BCUT2D eigenvalue weighted by Gasteiger charge is -2.05. The van der Waals surface area contributed by atoms with Crippen molar-refractivity contribution >= 4 is 11.0 Å². The number of fused-ring (bicyclic) bond motifs is 1. The summed E-state index contributed by atoms with van der Waals surface area (Å²) in [5.41, 5.74) is 9.18. The number of benzene rings is 1. The van der Waals surface area contributed by atoms with Gasteiger partial charge in [0.2, 0.25) is 0 Å². The molecule has 2 aromatic rings. The minimum absolute atomic E-state index is 0.491. The molecule has 0 aliphatic carbocycles. The minimum atomic E-state index is 0.491. The van der Waals surface area contributed by atoms with E-state index in [4.69, 9.17) is 10.2 Å². The zero-order valence-corrected chi connectivity index (χ0v) is 9.29. The summed E-state index contributed by atoms with van der Waals surface area (Å²) >= 11 is 0. The third kappa shape index (κ3) is 1.77. The number of rotatable bonds is 3. The average molecular weight is 203 g/mol. The average Bonchev–Trinajstić information content (AvgIpc) is 2.62. The van der Waals surface area contributed by atoms with Gasteiger partial charge in [-0.05, 0) is 30.5 Å². The lowest BCUT2D eigenvalue weighted by Crippen LogP contribution is -2.03. The van der Waals surface area contributed by atoms with E-state index in [2.05, 4.69) is 19.9 Å². The van der Waals surface area contributed by atoms with Gasteiger partial charge in [0.15, 0.2) is 0 Å². The standard InChI is InChI=1S/C13H17NO/c1-9(2)11-8-15-12-5-3-4-10(6-7-14)13(11)12/h3-5,8-9H,6-7,14H2,1-2H3. The van der Waals surface area contributed by atoms with E-state index in [0.717, 1.165) is 12.0 Å². The van der Waals surface area contributed by atoms with Crippen LogP contribution < -0.4 is 5.73 Å². The molecule has 2 N–H and O–H groups in total. The Bertz CT molecular complexity index is 457. The molecule has 2 nitrogen and oxygen atoms in total. The molecule has 0 amide bonds. The second kappa shape index (κ2) is 4.07. The Labute approximate surface area is 90.1 Å². The smallest absolute Gasteiger partial charge is 0.134 e. The number of hydrogen-bond acceptors (Lipinski definition) is 2. The van der Waals surface area contributed by atoms with Crippen LogP contribution >= 0.6 is 0 Å². The molecule has 0 atom stereocenters. The van der Waals surface area contributed by atoms with Gasteiger partial charge in [0.05, 0.1) is 6.26 Å². The summed E-state index contributed by atoms with van der Waals surface area (Å²) in [6.45, 7) is 5.05. The first-order valence-corrected chi connectivity index (χ1v) is 5.43. The van der Waals surface area contributed by atoms with Crippen molar-refractivity contribution < 1.29 is 4.42 Å². The van der Waals surface area contributed by atoms with Crippen molar-refractivity contribution in [3.63, 3.8) is 0 Å². The van der Waals surface area contributed by atoms with E-state index in [0.29, 0.717) is 12.5 Å². The molecular formula is C13H17NO. The van der Waals surface area contributed by atoms with Gasteiger partial charge in [-0.25, -0.2) is 0 Å². The van der Waals surface area contributed by atoms with Gasteiger partial charge in [0, 0.05) is 10.9 Å². The van der Waals surface area contributed by atoms with Gasteiger partial charge in [-0.3, -0.25) is 0 Å². The summed E-state index contributed by atoms with van der Waals surface area (Å²) in [5.74, 6) is 0.491. The van der Waals surface area contributed by atoms with Crippen molar-refractivity contribution in [2.45, 2.75) is 26.2 Å². The summed E-state index contributed by atoms with van der Waals surface area (Å²) in [6, 6.07) is 6.18. The maximum absolute atomic E-state index is 5.62. The second-order valence-electron chi connectivity index (χ2n) is 4.17. The van der Waals surface area contributed by atoms with Gasteiger partial charge in [0.25, 0.3) is 0 Å². The van der Waals surface area contributed by atoms with Gasteiger partial charge < -0.3 is 10.2 Å². The highest BCUT2D eigenvalue weighted by atomic mass is 16.3. The lowest BCUT2D eigenvalue weighted by molar-refractivity contribution is 0.606. The Balaban J connectivity index is 2.63. The highest BCUT2D eigenvalue weighted by Crippen LogP contribution is 2.30. The van der Waals surface area contributed by atoms with Crippen LogP contribution in [0.15, 0.2) is 28.9 Å². The SMILES string of the molecule is CC(C)c1coc2cccc(CCN)c12. The minimum Gasteiger partial charge on any atom is -0.464 e. The Morgan fingerprint density at radius 1 is 1.33 bits per heavy atom. The van der Waals surface area contributed by atoms with E-state index in [9.17, 15) is 0 Å². The van der Waals surface area contributed by atoms with Crippen molar-refractivity contribution in [2.24, 2.45) is 5.73 Å². The molecule has 2 heteroatoms. The summed E-state index contributed by atoms with van der Waals surface area (Å²) in [5, 5.41) is 1.26. The van der Waals surface area contributed by atoms with Crippen LogP contribution in [0.2, 0.25) is 0 Å². The van der Waals surface area contributed by atoms with Crippen LogP contribution in [0.3, 0.4) is 0 Å². The summed E-state index contributed by atoms with van der Waals surface area (Å²) in [6.07, 6.45) is 2.78. The molecule has 0 saturated heterocycles. The maximum atomic E-state index is 5.62. The van der Waals surface area contributed by atoms with E-state index in [1.165, 1.54) is 16.5 Å². The largest absolute Gasteiger partial charge is 0.464 e. The van der Waals surface area contributed by atoms with E-state index in [1.54, 1.807) is 0 Å². The fourth-order valence-electron chi connectivity index (χ4n) is 1.98. The highest BCUT2D eigenvalue weighted by Gasteiger charge is 2.12. The molecule has 0 unspecified atom stereocenters. The normalized spacial score (nSPS) is 11.5. The van der Waals surface area contributed by atoms with Crippen LogP contribution in [0.1, 0.15) is 30.9 Å². The van der Waals surface area contributed by atoms with Gasteiger partial charge in [-0.2, -0.15) is 0 Å². The Kier molecular flexibility index (Phi) is 2.78. The van der Waals surface area contributed by atoms with Gasteiger partial charge in [-0.15, -0.1) is 0 Å². The zero-order valence-electron chi connectivity index (χ0n) is 9.29. The molecule has 15 heavy (non-hydrogen) atoms. The van der Waals surface area contributed by atoms with Gasteiger partial charge >= 0.3 is 0 Å². The first-order chi connectivity index (χ1) is 7.24. The van der Waals surface area contributed by atoms with Crippen molar-refractivity contribution in [1.82, 2.24) is 0 Å². The topological polar surface area (TPSA) is 39.2 Å². The fourth-order valence-corrected chi connectivity index (χ4v) is 1.98. The van der Waals surface area contributed by atoms with Crippen molar-refractivity contribution in [2.75, 3.05) is 6.54 Å². The molecule has 0 fully saturated rings. The number of nitrogens with two attached hydrogens (primary N) is 1. The summed E-state index contributed by atoms with van der Waals surface area (Å²) in [4.78, 5) is 0. The number of furan rings is 1.